The van der Waals surface area contributed by atoms with Crippen molar-refractivity contribution in [1.29, 1.82) is 0 Å². The number of thioether (sulfide) groups is 1. The minimum absolute atomic E-state index is 0. The Hall–Kier alpha value is -1.69. The molecule has 0 aliphatic carbocycles. The van der Waals surface area contributed by atoms with Crippen LogP contribution in [0.5, 0.6) is 0 Å². The third-order valence-electron chi connectivity index (χ3n) is 4.01. The molecule has 2 N–H and O–H groups in total. The van der Waals surface area contributed by atoms with Crippen molar-refractivity contribution in [1.82, 2.24) is 9.80 Å². The lowest BCUT2D eigenvalue weighted by atomic mass is 9.95. The molecule has 1 aromatic carbocycles. The van der Waals surface area contributed by atoms with Gasteiger partial charge in [-0.15, -0.1) is 17.0 Å². The minimum atomic E-state index is -1.68. The maximum absolute atomic E-state index is 11.4. The van der Waals surface area contributed by atoms with E-state index in [0.29, 0.717) is 18.5 Å². The maximum Gasteiger partial charge on any atom is 0.304 e. The monoisotopic (exact) mass is 432 g/mol. The lowest BCUT2D eigenvalue weighted by molar-refractivity contribution is -0.385. The predicted molar refractivity (Wildman–Crippen MR) is 97.7 cm³/mol. The summed E-state index contributed by atoms with van der Waals surface area (Å²) in [5.41, 5.74) is -1.55. The van der Waals surface area contributed by atoms with Gasteiger partial charge in [0.05, 0.1) is 29.9 Å². The van der Waals surface area contributed by atoms with E-state index in [4.69, 9.17) is 0 Å². The van der Waals surface area contributed by atoms with Gasteiger partial charge in [0.15, 0.2) is 10.9 Å². The fourth-order valence-corrected chi connectivity index (χ4v) is 4.25. The van der Waals surface area contributed by atoms with Crippen molar-refractivity contribution >= 4 is 45.6 Å². The van der Waals surface area contributed by atoms with E-state index in [2.05, 4.69) is 4.99 Å². The third-order valence-corrected chi connectivity index (χ3v) is 5.35. The molecule has 9 nitrogen and oxygen atoms in total. The fourth-order valence-electron chi connectivity index (χ4n) is 2.88. The normalized spacial score (nSPS) is 25.8. The van der Waals surface area contributed by atoms with E-state index < -0.39 is 21.9 Å². The Labute approximate surface area is 158 Å². The Bertz CT molecular complexity index is 733. The first-order chi connectivity index (χ1) is 11.3. The number of fused-ring (bicyclic) bond motifs is 1. The van der Waals surface area contributed by atoms with Gasteiger partial charge in [0.25, 0.3) is 5.69 Å². The van der Waals surface area contributed by atoms with Gasteiger partial charge >= 0.3 is 5.97 Å². The Kier molecular flexibility index (Phi) is 5.72. The van der Waals surface area contributed by atoms with Crippen LogP contribution in [0.4, 0.5) is 5.69 Å². The van der Waals surface area contributed by atoms with Gasteiger partial charge in [0, 0.05) is 17.7 Å². The van der Waals surface area contributed by atoms with E-state index in [1.807, 2.05) is 11.9 Å². The van der Waals surface area contributed by atoms with Gasteiger partial charge < -0.3 is 15.1 Å². The number of amidine groups is 1. The molecule has 2 unspecified atom stereocenters. The number of rotatable bonds is 4. The molecule has 0 bridgehead atoms. The second-order valence-corrected chi connectivity index (χ2v) is 6.92. The zero-order valence-corrected chi connectivity index (χ0v) is 15.8. The summed E-state index contributed by atoms with van der Waals surface area (Å²) >= 11 is 1.19. The molecule has 0 aromatic heterocycles. The number of nitro groups is 1. The molecule has 3 rings (SSSR count). The highest BCUT2D eigenvalue weighted by Crippen LogP contribution is 2.47. The largest absolute Gasteiger partial charge is 0.481 e. The standard InChI is InChI=1S/C14H16N4O5S.BrH/c1-16-7-15-13-17(8-16)14(21,11(24-13)6-12(19)20)9-3-2-4-10(5-9)18(22)23;/h2-5,11,21H,6-8H2,1H3,(H,19,20);1H. The highest BCUT2D eigenvalue weighted by molar-refractivity contribution is 8.93. The second kappa shape index (κ2) is 7.28. The highest BCUT2D eigenvalue weighted by Gasteiger charge is 2.54. The number of carbonyl (C=O) groups is 1. The summed E-state index contributed by atoms with van der Waals surface area (Å²) in [6, 6.07) is 5.67. The number of aliphatic hydroxyl groups is 1. The second-order valence-electron chi connectivity index (χ2n) is 5.75. The Morgan fingerprint density at radius 3 is 2.92 bits per heavy atom. The van der Waals surface area contributed by atoms with Crippen molar-refractivity contribution < 1.29 is 19.9 Å². The van der Waals surface area contributed by atoms with E-state index >= 15 is 0 Å². The van der Waals surface area contributed by atoms with Crippen LogP contribution in [0.2, 0.25) is 0 Å². The van der Waals surface area contributed by atoms with E-state index in [-0.39, 0.29) is 34.7 Å². The molecule has 2 aliphatic rings. The summed E-state index contributed by atoms with van der Waals surface area (Å²) in [7, 11) is 1.82. The summed E-state index contributed by atoms with van der Waals surface area (Å²) < 4.78 is 0. The smallest absolute Gasteiger partial charge is 0.304 e. The molecule has 1 aromatic rings. The van der Waals surface area contributed by atoms with Crippen molar-refractivity contribution in [2.75, 3.05) is 20.4 Å². The van der Waals surface area contributed by atoms with Gasteiger partial charge in [-0.3, -0.25) is 19.8 Å². The summed E-state index contributed by atoms with van der Waals surface area (Å²) in [5, 5.41) is 31.5. The number of hydrogen-bond acceptors (Lipinski definition) is 8. The molecule has 1 fully saturated rings. The van der Waals surface area contributed by atoms with Gasteiger partial charge in [-0.05, 0) is 7.05 Å². The number of carboxylic acid groups (broad SMARTS) is 1. The molecular weight excluding hydrogens is 416 g/mol. The van der Waals surface area contributed by atoms with Crippen molar-refractivity contribution in [3.8, 4) is 0 Å². The molecule has 2 heterocycles. The van der Waals surface area contributed by atoms with Crippen LogP contribution in [0.3, 0.4) is 0 Å². The lowest BCUT2D eigenvalue weighted by Crippen LogP contribution is -2.54. The molecule has 2 aliphatic heterocycles. The van der Waals surface area contributed by atoms with Gasteiger partial charge in [-0.2, -0.15) is 0 Å². The van der Waals surface area contributed by atoms with Crippen LogP contribution < -0.4 is 0 Å². The van der Waals surface area contributed by atoms with E-state index in [1.165, 1.54) is 30.0 Å². The highest BCUT2D eigenvalue weighted by atomic mass is 79.9. The van der Waals surface area contributed by atoms with E-state index in [0.717, 1.165) is 0 Å². The lowest BCUT2D eigenvalue weighted by Gasteiger charge is -2.40. The quantitative estimate of drug-likeness (QED) is 0.541. The number of non-ortho nitro benzene ring substituents is 1. The number of nitro benzene ring substituents is 1. The first-order valence-corrected chi connectivity index (χ1v) is 8.06. The van der Waals surface area contributed by atoms with Gasteiger partial charge in [-0.25, -0.2) is 4.99 Å². The molecule has 11 heteroatoms. The average molecular weight is 433 g/mol. The molecule has 0 amide bonds. The molecule has 0 radical (unpaired) electrons. The van der Waals surface area contributed by atoms with E-state index in [1.54, 1.807) is 11.0 Å². The van der Waals surface area contributed by atoms with Crippen LogP contribution in [0.15, 0.2) is 29.3 Å². The van der Waals surface area contributed by atoms with Crippen LogP contribution in [0.1, 0.15) is 12.0 Å². The van der Waals surface area contributed by atoms with Crippen molar-refractivity contribution in [2.45, 2.75) is 17.4 Å². The van der Waals surface area contributed by atoms with Gasteiger partial charge in [0.2, 0.25) is 0 Å². The molecular formula is C14H17BrN4O5S. The van der Waals surface area contributed by atoms with E-state index in [9.17, 15) is 25.1 Å². The maximum atomic E-state index is 11.4. The first kappa shape index (κ1) is 19.6. The van der Waals surface area contributed by atoms with Crippen LogP contribution >= 0.6 is 28.7 Å². The van der Waals surface area contributed by atoms with Crippen molar-refractivity contribution in [3.63, 3.8) is 0 Å². The number of benzene rings is 1. The Morgan fingerprint density at radius 1 is 1.56 bits per heavy atom. The molecule has 0 spiro atoms. The van der Waals surface area contributed by atoms with Gasteiger partial charge in [0.1, 0.15) is 0 Å². The van der Waals surface area contributed by atoms with Crippen LogP contribution in [-0.2, 0) is 10.5 Å². The van der Waals surface area contributed by atoms with Crippen LogP contribution in [0, 0.1) is 10.1 Å². The molecule has 0 saturated carbocycles. The SMILES string of the molecule is Br.CN1CN=C2SC(CC(=O)O)C(O)(c3cccc([N+](=O)[O-])c3)N2C1. The molecule has 1 saturated heterocycles. The van der Waals surface area contributed by atoms with Crippen LogP contribution in [0.25, 0.3) is 0 Å². The molecule has 136 valence electrons. The number of aliphatic carboxylic acids is 1. The summed E-state index contributed by atoms with van der Waals surface area (Å²) in [5.74, 6) is -1.05. The third kappa shape index (κ3) is 3.50. The summed E-state index contributed by atoms with van der Waals surface area (Å²) in [6.45, 7) is 0.796. The van der Waals surface area contributed by atoms with Crippen molar-refractivity contribution in [2.24, 2.45) is 4.99 Å². The molecule has 2 atom stereocenters. The fraction of sp³-hybridized carbons (Fsp3) is 0.429. The number of carboxylic acids is 1. The topological polar surface area (TPSA) is 120 Å². The average Bonchev–Trinajstić information content (AvgIpc) is 2.80. The predicted octanol–water partition coefficient (Wildman–Crippen LogP) is 1.43. The zero-order chi connectivity index (χ0) is 17.5. The number of nitrogens with zero attached hydrogens (tertiary/aromatic N) is 4. The Morgan fingerprint density at radius 2 is 2.28 bits per heavy atom. The number of aliphatic imine (C=N–C) groups is 1. The van der Waals surface area contributed by atoms with Crippen LogP contribution in [-0.4, -0.2) is 61.7 Å². The first-order valence-electron chi connectivity index (χ1n) is 7.18. The summed E-state index contributed by atoms with van der Waals surface area (Å²) in [4.78, 5) is 29.5. The van der Waals surface area contributed by atoms with Gasteiger partial charge in [-0.1, -0.05) is 23.9 Å². The number of halogens is 1. The Balaban J connectivity index is 0.00000225. The zero-order valence-electron chi connectivity index (χ0n) is 13.2. The summed E-state index contributed by atoms with van der Waals surface area (Å²) in [6.07, 6.45) is -0.289. The van der Waals surface area contributed by atoms with Crippen molar-refractivity contribution in [3.05, 3.63) is 39.9 Å². The number of hydrogen-bond donors (Lipinski definition) is 2. The molecule has 25 heavy (non-hydrogen) atoms. The minimum Gasteiger partial charge on any atom is -0.481 e.